The fourth-order valence-corrected chi connectivity index (χ4v) is 1.13. The maximum Gasteiger partial charge on any atom is 0.0409 e. The molecule has 0 aliphatic heterocycles. The van der Waals surface area contributed by atoms with Crippen molar-refractivity contribution in [3.63, 3.8) is 0 Å². The topological polar surface area (TPSA) is 0 Å². The maximum absolute atomic E-state index is 5.94. The Morgan fingerprint density at radius 3 is 1.91 bits per heavy atom. The zero-order valence-electron chi connectivity index (χ0n) is 7.41. The van der Waals surface area contributed by atoms with Gasteiger partial charge < -0.3 is 0 Å². The average molecular weight is 193 g/mol. The van der Waals surface area contributed by atoms with Crippen LogP contribution in [0.15, 0.2) is 21.7 Å². The third-order valence-corrected chi connectivity index (χ3v) is 2.05. The zero-order chi connectivity index (χ0) is 9.02. The van der Waals surface area contributed by atoms with Crippen LogP contribution in [0.2, 0.25) is 0 Å². The smallest absolute Gasteiger partial charge is 0.0409 e. The molecule has 0 rings (SSSR count). The van der Waals surface area contributed by atoms with Gasteiger partial charge in [0.2, 0.25) is 0 Å². The molecule has 0 fully saturated rings. The zero-order valence-corrected chi connectivity index (χ0v) is 8.92. The summed E-state index contributed by atoms with van der Waals surface area (Å²) in [5.74, 6) is 0.466. The number of halogens is 2. The molecule has 0 aromatic rings. The first kappa shape index (κ1) is 11.1. The van der Waals surface area contributed by atoms with Crippen molar-refractivity contribution >= 4 is 23.2 Å². The molecule has 0 saturated heterocycles. The van der Waals surface area contributed by atoms with Gasteiger partial charge in [-0.3, -0.25) is 0 Å². The molecule has 0 aliphatic carbocycles. The van der Waals surface area contributed by atoms with E-state index in [1.807, 2.05) is 19.9 Å². The normalized spacial score (nSPS) is 15.4. The molecule has 0 atom stereocenters. The van der Waals surface area contributed by atoms with Gasteiger partial charge in [-0.05, 0) is 25.3 Å². The summed E-state index contributed by atoms with van der Waals surface area (Å²) in [5.41, 5.74) is 0.960. The minimum atomic E-state index is 0.466. The van der Waals surface area contributed by atoms with Gasteiger partial charge >= 0.3 is 0 Å². The van der Waals surface area contributed by atoms with Crippen molar-refractivity contribution in [2.24, 2.45) is 5.92 Å². The lowest BCUT2D eigenvalue weighted by Gasteiger charge is -2.02. The Bertz CT molecular complexity index is 184. The van der Waals surface area contributed by atoms with Gasteiger partial charge in [-0.15, -0.1) is 0 Å². The summed E-state index contributed by atoms with van der Waals surface area (Å²) in [7, 11) is 0. The first-order valence-corrected chi connectivity index (χ1v) is 4.41. The van der Waals surface area contributed by atoms with Crippen LogP contribution in [-0.4, -0.2) is 0 Å². The van der Waals surface area contributed by atoms with Crippen LogP contribution in [0.25, 0.3) is 0 Å². The molecule has 0 heterocycles. The van der Waals surface area contributed by atoms with E-state index < -0.39 is 0 Å². The molecular weight excluding hydrogens is 179 g/mol. The van der Waals surface area contributed by atoms with Crippen molar-refractivity contribution in [2.45, 2.75) is 27.7 Å². The molecule has 0 amide bonds. The van der Waals surface area contributed by atoms with E-state index in [1.54, 1.807) is 0 Å². The molecular formula is C9H14Cl2. The number of allylic oxidation sites excluding steroid dienone is 4. The minimum Gasteiger partial charge on any atom is -0.0891 e. The Morgan fingerprint density at radius 1 is 1.18 bits per heavy atom. The molecule has 0 aromatic heterocycles. The van der Waals surface area contributed by atoms with Gasteiger partial charge in [-0.1, -0.05) is 43.1 Å². The van der Waals surface area contributed by atoms with Crippen molar-refractivity contribution in [3.8, 4) is 0 Å². The van der Waals surface area contributed by atoms with E-state index in [4.69, 9.17) is 23.2 Å². The minimum absolute atomic E-state index is 0.466. The molecule has 0 unspecified atom stereocenters. The van der Waals surface area contributed by atoms with Gasteiger partial charge in [0.1, 0.15) is 0 Å². The molecule has 0 bridgehead atoms. The van der Waals surface area contributed by atoms with Gasteiger partial charge in [0.05, 0.1) is 0 Å². The molecule has 0 saturated carbocycles. The molecule has 0 nitrogen and oxygen atoms in total. The van der Waals surface area contributed by atoms with Crippen molar-refractivity contribution in [1.82, 2.24) is 0 Å². The van der Waals surface area contributed by atoms with Crippen LogP contribution in [0.3, 0.4) is 0 Å². The first-order valence-electron chi connectivity index (χ1n) is 3.65. The third-order valence-electron chi connectivity index (χ3n) is 1.35. The van der Waals surface area contributed by atoms with Crippen molar-refractivity contribution in [1.29, 1.82) is 0 Å². The van der Waals surface area contributed by atoms with Gasteiger partial charge in [0, 0.05) is 10.1 Å². The second-order valence-corrected chi connectivity index (χ2v) is 3.89. The second-order valence-electron chi connectivity index (χ2n) is 2.92. The van der Waals surface area contributed by atoms with Gasteiger partial charge in [0.25, 0.3) is 0 Å². The van der Waals surface area contributed by atoms with Crippen molar-refractivity contribution in [2.75, 3.05) is 0 Å². The van der Waals surface area contributed by atoms with Crippen molar-refractivity contribution < 1.29 is 0 Å². The van der Waals surface area contributed by atoms with Gasteiger partial charge in [-0.25, -0.2) is 0 Å². The summed E-state index contributed by atoms with van der Waals surface area (Å²) < 4.78 is 0. The first-order chi connectivity index (χ1) is 4.95. The van der Waals surface area contributed by atoms with Crippen LogP contribution >= 0.6 is 23.2 Å². The van der Waals surface area contributed by atoms with E-state index in [9.17, 15) is 0 Å². The summed E-state index contributed by atoms with van der Waals surface area (Å²) in [5, 5.41) is 1.51. The lowest BCUT2D eigenvalue weighted by molar-refractivity contribution is 0.828. The highest BCUT2D eigenvalue weighted by Gasteiger charge is 1.99. The average Bonchev–Trinajstić information content (AvgIpc) is 1.84. The molecule has 2 heteroatoms. The molecule has 0 aliphatic rings. The summed E-state index contributed by atoms with van der Waals surface area (Å²) in [6, 6.07) is 0. The Hall–Kier alpha value is 0.0600. The van der Waals surface area contributed by atoms with E-state index in [0.717, 1.165) is 15.6 Å². The van der Waals surface area contributed by atoms with Crippen LogP contribution in [0.1, 0.15) is 27.7 Å². The molecule has 0 spiro atoms. The Balaban J connectivity index is 4.50. The Labute approximate surface area is 78.9 Å². The summed E-state index contributed by atoms with van der Waals surface area (Å²) in [6.07, 6.45) is 1.99. The van der Waals surface area contributed by atoms with Crippen LogP contribution < -0.4 is 0 Å². The van der Waals surface area contributed by atoms with E-state index in [-0.39, 0.29) is 0 Å². The molecule has 0 radical (unpaired) electrons. The molecule has 11 heavy (non-hydrogen) atoms. The fraction of sp³-hybridized carbons (Fsp3) is 0.556. The van der Waals surface area contributed by atoms with E-state index >= 15 is 0 Å². The van der Waals surface area contributed by atoms with Crippen molar-refractivity contribution in [3.05, 3.63) is 21.7 Å². The van der Waals surface area contributed by atoms with Crippen LogP contribution in [0, 0.1) is 5.92 Å². The third kappa shape index (κ3) is 4.49. The predicted molar refractivity (Wildman–Crippen MR) is 53.0 cm³/mol. The van der Waals surface area contributed by atoms with Crippen LogP contribution in [0.4, 0.5) is 0 Å². The molecule has 0 aromatic carbocycles. The largest absolute Gasteiger partial charge is 0.0891 e. The molecule has 64 valence electrons. The lowest BCUT2D eigenvalue weighted by atomic mass is 10.1. The maximum atomic E-state index is 5.94. The van der Waals surface area contributed by atoms with Gasteiger partial charge in [-0.2, -0.15) is 0 Å². The van der Waals surface area contributed by atoms with Crippen LogP contribution in [0.5, 0.6) is 0 Å². The highest BCUT2D eigenvalue weighted by atomic mass is 35.5. The fourth-order valence-electron chi connectivity index (χ4n) is 0.582. The summed E-state index contributed by atoms with van der Waals surface area (Å²) in [6.45, 7) is 7.93. The lowest BCUT2D eigenvalue weighted by Crippen LogP contribution is -1.84. The Morgan fingerprint density at radius 2 is 1.64 bits per heavy atom. The predicted octanol–water partition coefficient (Wildman–Crippen LogP) is 4.30. The van der Waals surface area contributed by atoms with E-state index in [2.05, 4.69) is 13.8 Å². The Kier molecular flexibility index (Phi) is 4.87. The number of hydrogen-bond donors (Lipinski definition) is 0. The standard InChI is InChI=1S/C9H14Cl2/c1-6(2)5-9(11)7(3)8(4)10/h5-6H,1-4H3/b8-7+,9-5+. The van der Waals surface area contributed by atoms with Gasteiger partial charge in [0.15, 0.2) is 0 Å². The number of hydrogen-bond acceptors (Lipinski definition) is 0. The summed E-state index contributed by atoms with van der Waals surface area (Å²) in [4.78, 5) is 0. The molecule has 0 N–H and O–H groups in total. The van der Waals surface area contributed by atoms with E-state index in [0.29, 0.717) is 5.92 Å². The monoisotopic (exact) mass is 192 g/mol. The van der Waals surface area contributed by atoms with E-state index in [1.165, 1.54) is 0 Å². The second kappa shape index (κ2) is 4.84. The quantitative estimate of drug-likeness (QED) is 0.573. The summed E-state index contributed by atoms with van der Waals surface area (Å²) >= 11 is 11.7. The highest BCUT2D eigenvalue weighted by Crippen LogP contribution is 2.21. The number of rotatable bonds is 2. The van der Waals surface area contributed by atoms with Crippen LogP contribution in [-0.2, 0) is 0 Å². The SMILES string of the molecule is C/C(Cl)=C(C)\C(Cl)=C/C(C)C. The highest BCUT2D eigenvalue weighted by molar-refractivity contribution is 6.35.